The highest BCUT2D eigenvalue weighted by Crippen LogP contribution is 2.20. The van der Waals surface area contributed by atoms with E-state index in [2.05, 4.69) is 10.6 Å². The zero-order valence-electron chi connectivity index (χ0n) is 16.5. The maximum atomic E-state index is 12.7. The predicted octanol–water partition coefficient (Wildman–Crippen LogP) is -0.358. The lowest BCUT2D eigenvalue weighted by Crippen LogP contribution is -2.51. The number of piperazine rings is 1. The number of benzene rings is 1. The summed E-state index contributed by atoms with van der Waals surface area (Å²) in [7, 11) is -2.05. The first-order valence-electron chi connectivity index (χ1n) is 9.15. The Morgan fingerprint density at radius 3 is 2.21 bits per heavy atom. The number of methoxy groups -OCH3 is 1. The molecule has 0 aromatic heterocycles. The number of hydrogen-bond donors (Lipinski definition) is 2. The second-order valence-electron chi connectivity index (χ2n) is 6.85. The van der Waals surface area contributed by atoms with Crippen molar-refractivity contribution in [3.05, 3.63) is 24.3 Å². The minimum absolute atomic E-state index is 0.0186. The maximum Gasteiger partial charge on any atom is 0.243 e. The number of nitrogens with one attached hydrogen (secondary N) is 2. The van der Waals surface area contributed by atoms with Gasteiger partial charge in [-0.05, 0) is 38.1 Å². The van der Waals surface area contributed by atoms with E-state index in [1.165, 1.54) is 23.5 Å². The van der Waals surface area contributed by atoms with Crippen LogP contribution in [0.2, 0.25) is 0 Å². The maximum absolute atomic E-state index is 12.7. The lowest BCUT2D eigenvalue weighted by molar-refractivity contribution is -0.127. The number of amides is 2. The van der Waals surface area contributed by atoms with Gasteiger partial charge in [-0.1, -0.05) is 0 Å². The van der Waals surface area contributed by atoms with Gasteiger partial charge < -0.3 is 15.4 Å². The van der Waals surface area contributed by atoms with E-state index in [9.17, 15) is 18.0 Å². The highest BCUT2D eigenvalue weighted by molar-refractivity contribution is 7.89. The Morgan fingerprint density at radius 2 is 1.68 bits per heavy atom. The van der Waals surface area contributed by atoms with Crippen LogP contribution in [-0.4, -0.2) is 81.9 Å². The summed E-state index contributed by atoms with van der Waals surface area (Å²) in [5, 5.41) is 5.28. The molecule has 2 rings (SSSR count). The lowest BCUT2D eigenvalue weighted by atomic mass is 10.3. The summed E-state index contributed by atoms with van der Waals surface area (Å²) in [5.74, 6) is 0.0981. The van der Waals surface area contributed by atoms with Gasteiger partial charge in [-0.2, -0.15) is 4.31 Å². The van der Waals surface area contributed by atoms with Crippen molar-refractivity contribution in [1.82, 2.24) is 19.8 Å². The van der Waals surface area contributed by atoms with Crippen LogP contribution in [0.3, 0.4) is 0 Å². The fourth-order valence-corrected chi connectivity index (χ4v) is 4.26. The Morgan fingerprint density at radius 1 is 1.07 bits per heavy atom. The molecular formula is C18H28N4O5S. The molecule has 2 N–H and O–H groups in total. The van der Waals surface area contributed by atoms with Gasteiger partial charge in [0.15, 0.2) is 0 Å². The number of nitrogens with zero attached hydrogens (tertiary/aromatic N) is 2. The molecule has 10 heteroatoms. The quantitative estimate of drug-likeness (QED) is 0.604. The summed E-state index contributed by atoms with van der Waals surface area (Å²) in [4.78, 5) is 25.6. The van der Waals surface area contributed by atoms with Crippen LogP contribution in [0.5, 0.6) is 5.75 Å². The van der Waals surface area contributed by atoms with Crippen molar-refractivity contribution >= 4 is 21.8 Å². The second-order valence-corrected chi connectivity index (χ2v) is 8.79. The highest BCUT2D eigenvalue weighted by atomic mass is 32.2. The minimum Gasteiger partial charge on any atom is -0.497 e. The molecule has 2 amide bonds. The van der Waals surface area contributed by atoms with Gasteiger partial charge in [-0.15, -0.1) is 0 Å². The molecule has 0 aliphatic carbocycles. The number of carbonyl (C=O) groups excluding carboxylic acids is 2. The lowest BCUT2D eigenvalue weighted by Gasteiger charge is -2.33. The van der Waals surface area contributed by atoms with Gasteiger partial charge in [0.05, 0.1) is 25.1 Å². The smallest absolute Gasteiger partial charge is 0.243 e. The molecule has 0 bridgehead atoms. The monoisotopic (exact) mass is 412 g/mol. The van der Waals surface area contributed by atoms with Crippen LogP contribution in [0.1, 0.15) is 13.8 Å². The van der Waals surface area contributed by atoms with Crippen molar-refractivity contribution < 1.29 is 22.7 Å². The van der Waals surface area contributed by atoms with Gasteiger partial charge in [0, 0.05) is 32.2 Å². The van der Waals surface area contributed by atoms with E-state index in [-0.39, 0.29) is 35.8 Å². The third-order valence-electron chi connectivity index (χ3n) is 4.29. The summed E-state index contributed by atoms with van der Waals surface area (Å²) in [6.45, 7) is 5.25. The van der Waals surface area contributed by atoms with Gasteiger partial charge in [0.25, 0.3) is 0 Å². The first-order chi connectivity index (χ1) is 13.2. The second kappa shape index (κ2) is 9.85. The Labute approximate surface area is 166 Å². The van der Waals surface area contributed by atoms with Crippen LogP contribution in [-0.2, 0) is 19.6 Å². The van der Waals surface area contributed by atoms with E-state index in [4.69, 9.17) is 4.74 Å². The molecule has 0 spiro atoms. The first-order valence-corrected chi connectivity index (χ1v) is 10.6. The molecule has 9 nitrogen and oxygen atoms in total. The largest absolute Gasteiger partial charge is 0.497 e. The van der Waals surface area contributed by atoms with E-state index in [0.717, 1.165) is 0 Å². The number of sulfonamides is 1. The van der Waals surface area contributed by atoms with Crippen molar-refractivity contribution in [1.29, 1.82) is 0 Å². The Bertz CT molecular complexity index is 772. The van der Waals surface area contributed by atoms with E-state index in [1.54, 1.807) is 12.1 Å². The van der Waals surface area contributed by atoms with Gasteiger partial charge in [0.2, 0.25) is 21.8 Å². The molecule has 0 unspecified atom stereocenters. The molecule has 1 heterocycles. The average molecular weight is 413 g/mol. The van der Waals surface area contributed by atoms with Gasteiger partial charge in [-0.3, -0.25) is 14.5 Å². The van der Waals surface area contributed by atoms with E-state index >= 15 is 0 Å². The van der Waals surface area contributed by atoms with Crippen LogP contribution in [0.4, 0.5) is 0 Å². The summed E-state index contributed by atoms with van der Waals surface area (Å²) < 4.78 is 31.9. The molecule has 1 aromatic rings. The third-order valence-corrected chi connectivity index (χ3v) is 6.20. The molecule has 1 aliphatic heterocycles. The molecular weight excluding hydrogens is 384 g/mol. The summed E-state index contributed by atoms with van der Waals surface area (Å²) in [6, 6.07) is 6.29. The highest BCUT2D eigenvalue weighted by Gasteiger charge is 2.29. The molecule has 1 fully saturated rings. The predicted molar refractivity (Wildman–Crippen MR) is 104 cm³/mol. The molecule has 28 heavy (non-hydrogen) atoms. The first kappa shape index (κ1) is 22.1. The average Bonchev–Trinajstić information content (AvgIpc) is 2.66. The Balaban J connectivity index is 1.81. The van der Waals surface area contributed by atoms with Gasteiger partial charge >= 0.3 is 0 Å². The Kier molecular flexibility index (Phi) is 7.78. The fraction of sp³-hybridized carbons (Fsp3) is 0.556. The standard InChI is InChI=1S/C18H28N4O5S/c1-14(2)20-17(23)12-19-18(24)13-21-8-10-22(11-9-21)28(25,26)16-6-4-15(27-3)5-7-16/h4-7,14H,8-13H2,1-3H3,(H,19,24)(H,20,23). The van der Waals surface area contributed by atoms with E-state index < -0.39 is 10.0 Å². The van der Waals surface area contributed by atoms with Crippen molar-refractivity contribution in [2.24, 2.45) is 0 Å². The molecule has 0 atom stereocenters. The zero-order chi connectivity index (χ0) is 20.7. The number of rotatable bonds is 8. The summed E-state index contributed by atoms with van der Waals surface area (Å²) in [5.41, 5.74) is 0. The SMILES string of the molecule is COc1ccc(S(=O)(=O)N2CCN(CC(=O)NCC(=O)NC(C)C)CC2)cc1. The Hall–Kier alpha value is -2.17. The van der Waals surface area contributed by atoms with Crippen LogP contribution < -0.4 is 15.4 Å². The van der Waals surface area contributed by atoms with Crippen LogP contribution in [0.15, 0.2) is 29.2 Å². The van der Waals surface area contributed by atoms with Crippen LogP contribution in [0, 0.1) is 0 Å². The number of ether oxygens (including phenoxy) is 1. The topological polar surface area (TPSA) is 108 Å². The minimum atomic E-state index is -3.57. The molecule has 156 valence electrons. The van der Waals surface area contributed by atoms with Gasteiger partial charge in [-0.25, -0.2) is 8.42 Å². The van der Waals surface area contributed by atoms with Crippen molar-refractivity contribution in [3.63, 3.8) is 0 Å². The normalized spacial score (nSPS) is 16.0. The fourth-order valence-electron chi connectivity index (χ4n) is 2.84. The summed E-state index contributed by atoms with van der Waals surface area (Å²) >= 11 is 0. The number of carbonyl (C=O) groups is 2. The van der Waals surface area contributed by atoms with Crippen molar-refractivity contribution in [2.75, 3.05) is 46.4 Å². The van der Waals surface area contributed by atoms with E-state index in [0.29, 0.717) is 31.9 Å². The van der Waals surface area contributed by atoms with E-state index in [1.807, 2.05) is 18.7 Å². The summed E-state index contributed by atoms with van der Waals surface area (Å²) in [6.07, 6.45) is 0. The molecule has 0 saturated carbocycles. The third kappa shape index (κ3) is 6.18. The molecule has 1 saturated heterocycles. The molecule has 0 radical (unpaired) electrons. The molecule has 1 aromatic carbocycles. The van der Waals surface area contributed by atoms with Crippen molar-refractivity contribution in [2.45, 2.75) is 24.8 Å². The van der Waals surface area contributed by atoms with Crippen LogP contribution >= 0.6 is 0 Å². The zero-order valence-corrected chi connectivity index (χ0v) is 17.3. The van der Waals surface area contributed by atoms with Gasteiger partial charge in [0.1, 0.15) is 5.75 Å². The van der Waals surface area contributed by atoms with Crippen molar-refractivity contribution in [3.8, 4) is 5.75 Å². The van der Waals surface area contributed by atoms with Crippen LogP contribution in [0.25, 0.3) is 0 Å². The number of hydrogen-bond acceptors (Lipinski definition) is 6. The molecule has 1 aliphatic rings.